The van der Waals surface area contributed by atoms with E-state index in [9.17, 15) is 9.59 Å². The molecule has 28 heavy (non-hydrogen) atoms. The van der Waals surface area contributed by atoms with Crippen molar-refractivity contribution in [1.29, 1.82) is 0 Å². The van der Waals surface area contributed by atoms with E-state index in [1.807, 2.05) is 24.3 Å². The van der Waals surface area contributed by atoms with Gasteiger partial charge in [0.25, 0.3) is 5.91 Å². The van der Waals surface area contributed by atoms with Crippen LogP contribution in [0.4, 0.5) is 17.3 Å². The Morgan fingerprint density at radius 2 is 1.68 bits per heavy atom. The molecular weight excluding hydrogens is 356 g/mol. The first-order valence-electron chi connectivity index (χ1n) is 8.77. The van der Waals surface area contributed by atoms with Gasteiger partial charge in [0.15, 0.2) is 0 Å². The van der Waals surface area contributed by atoms with E-state index in [1.54, 1.807) is 24.3 Å². The smallest absolute Gasteiger partial charge is 0.339 e. The lowest BCUT2D eigenvalue weighted by atomic mass is 10.1. The van der Waals surface area contributed by atoms with Gasteiger partial charge in [0, 0.05) is 18.1 Å². The fraction of sp³-hybridized carbons (Fsp3) is 0.143. The minimum absolute atomic E-state index is 0.264. The summed E-state index contributed by atoms with van der Waals surface area (Å²) in [6.07, 6.45) is 3.79. The van der Waals surface area contributed by atoms with Gasteiger partial charge in [-0.1, -0.05) is 31.2 Å². The number of benzene rings is 2. The highest BCUT2D eigenvalue weighted by Crippen LogP contribution is 2.19. The molecule has 0 fully saturated rings. The predicted octanol–water partition coefficient (Wildman–Crippen LogP) is 3.82. The van der Waals surface area contributed by atoms with Crippen LogP contribution in [0.5, 0.6) is 0 Å². The number of carbonyl (C=O) groups is 2. The maximum atomic E-state index is 12.3. The SMILES string of the molecule is CCc1ccc(NC(=O)c2cnc(Nc3ccccc3C(=O)OC)nc2)cc1. The van der Waals surface area contributed by atoms with Gasteiger partial charge in [0.1, 0.15) is 0 Å². The molecule has 0 saturated heterocycles. The molecule has 0 bridgehead atoms. The average molecular weight is 376 g/mol. The normalized spacial score (nSPS) is 10.2. The molecule has 142 valence electrons. The Morgan fingerprint density at radius 1 is 1.00 bits per heavy atom. The molecular formula is C21H20N4O3. The van der Waals surface area contributed by atoms with Crippen LogP contribution in [0.2, 0.25) is 0 Å². The molecule has 0 aliphatic rings. The van der Waals surface area contributed by atoms with Crippen molar-refractivity contribution in [2.45, 2.75) is 13.3 Å². The zero-order valence-corrected chi connectivity index (χ0v) is 15.6. The summed E-state index contributed by atoms with van der Waals surface area (Å²) in [5.74, 6) is -0.501. The molecule has 0 unspecified atom stereocenters. The predicted molar refractivity (Wildman–Crippen MR) is 107 cm³/mol. The van der Waals surface area contributed by atoms with Gasteiger partial charge in [0.05, 0.1) is 23.9 Å². The van der Waals surface area contributed by atoms with Crippen LogP contribution in [-0.4, -0.2) is 29.0 Å². The highest BCUT2D eigenvalue weighted by molar-refractivity contribution is 6.04. The van der Waals surface area contributed by atoms with Crippen molar-refractivity contribution in [3.63, 3.8) is 0 Å². The van der Waals surface area contributed by atoms with Crippen LogP contribution in [0, 0.1) is 0 Å². The summed E-state index contributed by atoms with van der Waals surface area (Å²) in [5.41, 5.74) is 3.11. The van der Waals surface area contributed by atoms with E-state index in [2.05, 4.69) is 27.5 Å². The minimum Gasteiger partial charge on any atom is -0.465 e. The number of para-hydroxylation sites is 1. The highest BCUT2D eigenvalue weighted by Gasteiger charge is 2.13. The third-order valence-corrected chi connectivity index (χ3v) is 4.11. The second-order valence-electron chi connectivity index (χ2n) is 5.96. The summed E-state index contributed by atoms with van der Waals surface area (Å²) in [5, 5.41) is 5.77. The molecule has 2 N–H and O–H groups in total. The molecule has 7 heteroatoms. The monoisotopic (exact) mass is 376 g/mol. The lowest BCUT2D eigenvalue weighted by Gasteiger charge is -2.10. The molecule has 1 heterocycles. The summed E-state index contributed by atoms with van der Waals surface area (Å²) in [6.45, 7) is 2.07. The molecule has 3 aromatic rings. The number of amides is 1. The van der Waals surface area contributed by atoms with Crippen molar-refractivity contribution >= 4 is 29.2 Å². The molecule has 1 amide bonds. The van der Waals surface area contributed by atoms with Crippen LogP contribution < -0.4 is 10.6 Å². The molecule has 1 aromatic heterocycles. The summed E-state index contributed by atoms with van der Waals surface area (Å²) in [6, 6.07) is 14.5. The third kappa shape index (κ3) is 4.50. The number of nitrogens with one attached hydrogen (secondary N) is 2. The third-order valence-electron chi connectivity index (χ3n) is 4.11. The van der Waals surface area contributed by atoms with Crippen LogP contribution in [0.3, 0.4) is 0 Å². The Hall–Kier alpha value is -3.74. The second kappa shape index (κ2) is 8.77. The van der Waals surface area contributed by atoms with Gasteiger partial charge in [-0.2, -0.15) is 0 Å². The Labute approximate surface area is 162 Å². The van der Waals surface area contributed by atoms with Crippen molar-refractivity contribution in [2.75, 3.05) is 17.7 Å². The van der Waals surface area contributed by atoms with Gasteiger partial charge in [0.2, 0.25) is 5.95 Å². The first-order chi connectivity index (χ1) is 13.6. The van der Waals surface area contributed by atoms with Gasteiger partial charge in [-0.15, -0.1) is 0 Å². The van der Waals surface area contributed by atoms with Crippen molar-refractivity contribution in [2.24, 2.45) is 0 Å². The summed E-state index contributed by atoms with van der Waals surface area (Å²) in [7, 11) is 1.32. The number of nitrogens with zero attached hydrogens (tertiary/aromatic N) is 2. The van der Waals surface area contributed by atoms with Crippen LogP contribution in [0.1, 0.15) is 33.2 Å². The maximum absolute atomic E-state index is 12.3. The Balaban J connectivity index is 1.69. The second-order valence-corrected chi connectivity index (χ2v) is 5.96. The van der Waals surface area contributed by atoms with Crippen molar-refractivity contribution in [3.05, 3.63) is 77.6 Å². The molecule has 0 saturated carbocycles. The van der Waals surface area contributed by atoms with Crippen molar-refractivity contribution in [1.82, 2.24) is 9.97 Å². The van der Waals surface area contributed by atoms with Gasteiger partial charge in [-0.3, -0.25) is 4.79 Å². The van der Waals surface area contributed by atoms with Crippen molar-refractivity contribution in [3.8, 4) is 0 Å². The zero-order chi connectivity index (χ0) is 19.9. The van der Waals surface area contributed by atoms with Gasteiger partial charge >= 0.3 is 5.97 Å². The molecule has 7 nitrogen and oxygen atoms in total. The number of aryl methyl sites for hydroxylation is 1. The zero-order valence-electron chi connectivity index (χ0n) is 15.6. The number of ether oxygens (including phenoxy) is 1. The van der Waals surface area contributed by atoms with E-state index in [0.29, 0.717) is 22.5 Å². The largest absolute Gasteiger partial charge is 0.465 e. The van der Waals surface area contributed by atoms with Crippen molar-refractivity contribution < 1.29 is 14.3 Å². The number of aromatic nitrogens is 2. The van der Waals surface area contributed by atoms with Crippen LogP contribution in [0.25, 0.3) is 0 Å². The maximum Gasteiger partial charge on any atom is 0.339 e. The Kier molecular flexibility index (Phi) is 5.96. The first-order valence-corrected chi connectivity index (χ1v) is 8.77. The number of methoxy groups -OCH3 is 1. The van der Waals surface area contributed by atoms with Gasteiger partial charge < -0.3 is 15.4 Å². The number of esters is 1. The molecule has 0 radical (unpaired) electrons. The average Bonchev–Trinajstić information content (AvgIpc) is 2.74. The summed E-state index contributed by atoms with van der Waals surface area (Å²) < 4.78 is 4.76. The number of rotatable bonds is 6. The van der Waals surface area contributed by atoms with E-state index >= 15 is 0 Å². The Bertz CT molecular complexity index is 970. The van der Waals surface area contributed by atoms with Crippen LogP contribution in [-0.2, 0) is 11.2 Å². The fourth-order valence-electron chi connectivity index (χ4n) is 2.54. The number of hydrogen-bond acceptors (Lipinski definition) is 6. The number of hydrogen-bond donors (Lipinski definition) is 2. The van der Waals surface area contributed by atoms with Gasteiger partial charge in [-0.25, -0.2) is 14.8 Å². The first kappa shape index (κ1) is 19.0. The molecule has 0 aliphatic carbocycles. The van der Waals surface area contributed by atoms with E-state index in [1.165, 1.54) is 25.1 Å². The van der Waals surface area contributed by atoms with E-state index in [0.717, 1.165) is 6.42 Å². The minimum atomic E-state index is -0.465. The topological polar surface area (TPSA) is 93.2 Å². The van der Waals surface area contributed by atoms with Crippen LogP contribution in [0.15, 0.2) is 60.9 Å². The lowest BCUT2D eigenvalue weighted by Crippen LogP contribution is -2.13. The quantitative estimate of drug-likeness (QED) is 0.635. The lowest BCUT2D eigenvalue weighted by molar-refractivity contribution is 0.0601. The van der Waals surface area contributed by atoms with E-state index in [4.69, 9.17) is 4.74 Å². The molecule has 0 atom stereocenters. The standard InChI is InChI=1S/C21H20N4O3/c1-3-14-8-10-16(11-9-14)24-19(26)15-12-22-21(23-13-15)25-18-7-5-4-6-17(18)20(27)28-2/h4-13H,3H2,1-2H3,(H,24,26)(H,22,23,25). The van der Waals surface area contributed by atoms with E-state index in [-0.39, 0.29) is 11.9 Å². The molecule has 3 rings (SSSR count). The molecule has 0 spiro atoms. The Morgan fingerprint density at radius 3 is 2.32 bits per heavy atom. The summed E-state index contributed by atoms with van der Waals surface area (Å²) >= 11 is 0. The molecule has 2 aromatic carbocycles. The van der Waals surface area contributed by atoms with E-state index < -0.39 is 5.97 Å². The number of carbonyl (C=O) groups excluding carboxylic acids is 2. The van der Waals surface area contributed by atoms with Gasteiger partial charge in [-0.05, 0) is 36.2 Å². The highest BCUT2D eigenvalue weighted by atomic mass is 16.5. The number of anilines is 3. The fourth-order valence-corrected chi connectivity index (χ4v) is 2.54. The summed E-state index contributed by atoms with van der Waals surface area (Å²) in [4.78, 5) is 32.5. The molecule has 0 aliphatic heterocycles. The van der Waals surface area contributed by atoms with Crippen LogP contribution >= 0.6 is 0 Å².